The van der Waals surface area contributed by atoms with Gasteiger partial charge in [-0.15, -0.1) is 12.4 Å². The van der Waals surface area contributed by atoms with Crippen molar-refractivity contribution in [3.63, 3.8) is 0 Å². The molecule has 2 nitrogen and oxygen atoms in total. The molecule has 0 spiro atoms. The maximum atomic E-state index is 13.9. The fourth-order valence-electron chi connectivity index (χ4n) is 1.54. The lowest BCUT2D eigenvalue weighted by molar-refractivity contribution is 0.0392. The molecule has 0 aromatic heterocycles. The van der Waals surface area contributed by atoms with Gasteiger partial charge < -0.3 is 10.8 Å². The predicted molar refractivity (Wildman–Crippen MR) is 76.1 cm³/mol. The third-order valence-electron chi connectivity index (χ3n) is 2.64. The summed E-state index contributed by atoms with van der Waals surface area (Å²) in [6.07, 6.45) is -0.923. The van der Waals surface area contributed by atoms with E-state index in [0.717, 1.165) is 0 Å². The third-order valence-corrected chi connectivity index (χ3v) is 3.26. The largest absolute Gasteiger partial charge is 0.391 e. The van der Waals surface area contributed by atoms with E-state index in [1.54, 1.807) is 0 Å². The molecular formula is C12H17Cl3FNO. The van der Waals surface area contributed by atoms with Gasteiger partial charge in [-0.1, -0.05) is 44.0 Å². The molecule has 0 bridgehead atoms. The lowest BCUT2D eigenvalue weighted by atomic mass is 9.82. The Morgan fingerprint density at radius 2 is 1.67 bits per heavy atom. The molecule has 0 amide bonds. The number of benzene rings is 1. The van der Waals surface area contributed by atoms with E-state index in [2.05, 4.69) is 0 Å². The minimum Gasteiger partial charge on any atom is -0.391 e. The molecule has 0 fully saturated rings. The van der Waals surface area contributed by atoms with Gasteiger partial charge in [0.15, 0.2) is 0 Å². The maximum absolute atomic E-state index is 13.9. The number of nitrogens with two attached hydrogens (primary N) is 1. The molecule has 1 aromatic carbocycles. The second kappa shape index (κ2) is 6.40. The van der Waals surface area contributed by atoms with Crippen molar-refractivity contribution in [1.82, 2.24) is 0 Å². The highest BCUT2D eigenvalue weighted by Crippen LogP contribution is 2.35. The van der Waals surface area contributed by atoms with Gasteiger partial charge in [-0.2, -0.15) is 0 Å². The molecule has 104 valence electrons. The van der Waals surface area contributed by atoms with Crippen molar-refractivity contribution >= 4 is 35.6 Å². The summed E-state index contributed by atoms with van der Waals surface area (Å²) >= 11 is 11.6. The van der Waals surface area contributed by atoms with Crippen molar-refractivity contribution in [2.24, 2.45) is 11.1 Å². The molecule has 0 saturated heterocycles. The zero-order chi connectivity index (χ0) is 13.4. The molecule has 3 N–H and O–H groups in total. The van der Waals surface area contributed by atoms with Crippen LogP contribution in [0.2, 0.25) is 10.0 Å². The molecule has 0 aliphatic rings. The van der Waals surface area contributed by atoms with E-state index in [4.69, 9.17) is 28.9 Å². The zero-order valence-electron chi connectivity index (χ0n) is 10.4. The normalized spacial score (nSPS) is 14.9. The van der Waals surface area contributed by atoms with E-state index in [1.807, 2.05) is 20.8 Å². The molecule has 6 heteroatoms. The average Bonchev–Trinajstić information content (AvgIpc) is 2.21. The number of rotatable bonds is 2. The summed E-state index contributed by atoms with van der Waals surface area (Å²) in [6, 6.07) is 1.91. The second-order valence-corrected chi connectivity index (χ2v) is 5.91. The monoisotopic (exact) mass is 315 g/mol. The number of halogens is 4. The van der Waals surface area contributed by atoms with E-state index < -0.39 is 23.4 Å². The number of hydrogen-bond acceptors (Lipinski definition) is 2. The molecule has 2 atom stereocenters. The first-order chi connectivity index (χ1) is 7.66. The van der Waals surface area contributed by atoms with Crippen LogP contribution in [0.15, 0.2) is 12.1 Å². The highest BCUT2D eigenvalue weighted by Gasteiger charge is 2.32. The van der Waals surface area contributed by atoms with E-state index >= 15 is 0 Å². The van der Waals surface area contributed by atoms with Gasteiger partial charge in [0.05, 0.1) is 17.2 Å². The van der Waals surface area contributed by atoms with Gasteiger partial charge in [-0.05, 0) is 17.5 Å². The van der Waals surface area contributed by atoms with Crippen LogP contribution in [0, 0.1) is 11.2 Å². The number of hydrogen-bond donors (Lipinski definition) is 2. The maximum Gasteiger partial charge on any atom is 0.148 e. The van der Waals surface area contributed by atoms with Gasteiger partial charge >= 0.3 is 0 Å². The molecule has 0 aliphatic carbocycles. The summed E-state index contributed by atoms with van der Waals surface area (Å²) in [6.45, 7) is 5.44. The first-order valence-corrected chi connectivity index (χ1v) is 5.99. The number of aliphatic hydroxyl groups excluding tert-OH is 1. The summed E-state index contributed by atoms with van der Waals surface area (Å²) in [5.41, 5.74) is 5.44. The Balaban J connectivity index is 0.00000289. The Labute approximate surface area is 123 Å². The first-order valence-electron chi connectivity index (χ1n) is 5.23. The van der Waals surface area contributed by atoms with Crippen LogP contribution in [0.1, 0.15) is 32.4 Å². The number of aliphatic hydroxyl groups is 1. The Kier molecular flexibility index (Phi) is 6.38. The minimum absolute atomic E-state index is 0. The Morgan fingerprint density at radius 3 is 2.11 bits per heavy atom. The van der Waals surface area contributed by atoms with Crippen LogP contribution in [0.5, 0.6) is 0 Å². The van der Waals surface area contributed by atoms with Crippen molar-refractivity contribution in [2.45, 2.75) is 32.9 Å². The van der Waals surface area contributed by atoms with Crippen LogP contribution >= 0.6 is 35.6 Å². The smallest absolute Gasteiger partial charge is 0.148 e. The third kappa shape index (κ3) is 3.72. The fourth-order valence-corrected chi connectivity index (χ4v) is 1.98. The lowest BCUT2D eigenvalue weighted by Gasteiger charge is -2.31. The standard InChI is InChI=1S/C12H16Cl2FNO.ClH/c1-12(2,3)11(17)10(16)8-6(13)4-5-7(14)9(8)15;/h4-5,10-11,17H,16H2,1-3H3;1H/t10-,11-;/m0./s1. The minimum atomic E-state index is -0.923. The summed E-state index contributed by atoms with van der Waals surface area (Å²) < 4.78 is 13.9. The molecule has 1 rings (SSSR count). The van der Waals surface area contributed by atoms with Gasteiger partial charge in [0.2, 0.25) is 0 Å². The topological polar surface area (TPSA) is 46.2 Å². The Morgan fingerprint density at radius 1 is 1.22 bits per heavy atom. The van der Waals surface area contributed by atoms with E-state index in [1.165, 1.54) is 12.1 Å². The van der Waals surface area contributed by atoms with Gasteiger partial charge in [-0.25, -0.2) is 4.39 Å². The molecular weight excluding hydrogens is 299 g/mol. The van der Waals surface area contributed by atoms with Crippen molar-refractivity contribution in [3.05, 3.63) is 33.6 Å². The predicted octanol–water partition coefficient (Wildman–Crippen LogP) is 3.96. The summed E-state index contributed by atoms with van der Waals surface area (Å²) in [4.78, 5) is 0. The van der Waals surface area contributed by atoms with Crippen molar-refractivity contribution in [3.8, 4) is 0 Å². The van der Waals surface area contributed by atoms with Crippen LogP contribution in [0.4, 0.5) is 4.39 Å². The molecule has 0 saturated carbocycles. The van der Waals surface area contributed by atoms with Crippen LogP contribution < -0.4 is 5.73 Å². The van der Waals surface area contributed by atoms with Gasteiger partial charge in [0, 0.05) is 10.6 Å². The average molecular weight is 317 g/mol. The quantitative estimate of drug-likeness (QED) is 0.811. The van der Waals surface area contributed by atoms with Crippen molar-refractivity contribution in [1.29, 1.82) is 0 Å². The Bertz CT molecular complexity index is 421. The van der Waals surface area contributed by atoms with Gasteiger partial charge in [-0.3, -0.25) is 0 Å². The highest BCUT2D eigenvalue weighted by molar-refractivity contribution is 6.33. The van der Waals surface area contributed by atoms with Crippen LogP contribution in [-0.4, -0.2) is 11.2 Å². The Hall–Kier alpha value is -0.0600. The summed E-state index contributed by atoms with van der Waals surface area (Å²) in [7, 11) is 0. The van der Waals surface area contributed by atoms with Crippen LogP contribution in [-0.2, 0) is 0 Å². The first kappa shape index (κ1) is 17.9. The molecule has 0 unspecified atom stereocenters. The molecule has 1 aromatic rings. The van der Waals surface area contributed by atoms with Crippen molar-refractivity contribution in [2.75, 3.05) is 0 Å². The fraction of sp³-hybridized carbons (Fsp3) is 0.500. The van der Waals surface area contributed by atoms with E-state index in [0.29, 0.717) is 0 Å². The summed E-state index contributed by atoms with van der Waals surface area (Å²) in [5, 5.41) is 10.2. The van der Waals surface area contributed by atoms with Crippen molar-refractivity contribution < 1.29 is 9.50 Å². The van der Waals surface area contributed by atoms with Gasteiger partial charge in [0.25, 0.3) is 0 Å². The molecule has 0 aliphatic heterocycles. The van der Waals surface area contributed by atoms with E-state index in [-0.39, 0.29) is 28.0 Å². The van der Waals surface area contributed by atoms with Gasteiger partial charge in [0.1, 0.15) is 5.82 Å². The molecule has 0 heterocycles. The summed E-state index contributed by atoms with van der Waals surface area (Å²) in [5.74, 6) is -0.671. The lowest BCUT2D eigenvalue weighted by Crippen LogP contribution is -2.37. The molecule has 0 radical (unpaired) electrons. The van der Waals surface area contributed by atoms with Crippen LogP contribution in [0.25, 0.3) is 0 Å². The SMILES string of the molecule is CC(C)(C)[C@@H](O)[C@@H](N)c1c(Cl)ccc(Cl)c1F.Cl. The zero-order valence-corrected chi connectivity index (χ0v) is 12.7. The molecule has 18 heavy (non-hydrogen) atoms. The highest BCUT2D eigenvalue weighted by atomic mass is 35.5. The second-order valence-electron chi connectivity index (χ2n) is 5.09. The van der Waals surface area contributed by atoms with E-state index in [9.17, 15) is 9.50 Å². The van der Waals surface area contributed by atoms with Crippen LogP contribution in [0.3, 0.4) is 0 Å².